The topological polar surface area (TPSA) is 34.1 Å². The second-order valence-electron chi connectivity index (χ2n) is 7.24. The molecule has 0 aromatic heterocycles. The van der Waals surface area contributed by atoms with Crippen LogP contribution in [0.1, 0.15) is 68.2 Å². The van der Waals surface area contributed by atoms with E-state index in [1.54, 1.807) is 0 Å². The second kappa shape index (κ2) is 4.91. The fourth-order valence-corrected chi connectivity index (χ4v) is 2.49. The van der Waals surface area contributed by atoms with Crippen LogP contribution in [0.2, 0.25) is 0 Å². The van der Waals surface area contributed by atoms with Gasteiger partial charge in [0.15, 0.2) is 11.6 Å². The predicted octanol–water partition coefficient (Wildman–Crippen LogP) is 4.02. The summed E-state index contributed by atoms with van der Waals surface area (Å²) in [6, 6.07) is 0. The molecule has 0 rings (SSSR count). The molecule has 0 aliphatic carbocycles. The van der Waals surface area contributed by atoms with Gasteiger partial charge in [-0.1, -0.05) is 54.9 Å². The first kappa shape index (κ1) is 16.3. The molecule has 0 fully saturated rings. The van der Waals surface area contributed by atoms with Crippen molar-refractivity contribution in [2.24, 2.45) is 16.2 Å². The highest BCUT2D eigenvalue weighted by atomic mass is 16.2. The molecule has 0 saturated heterocycles. The maximum atomic E-state index is 12.5. The minimum absolute atomic E-state index is 0.0618. The van der Waals surface area contributed by atoms with E-state index in [0.717, 1.165) is 6.42 Å². The third-order valence-electron chi connectivity index (χ3n) is 3.11. The zero-order chi connectivity index (χ0) is 14.1. The Hall–Kier alpha value is -0.660. The molecular weight excluding hydrogens is 212 g/mol. The van der Waals surface area contributed by atoms with E-state index in [2.05, 4.69) is 0 Å². The van der Waals surface area contributed by atoms with Crippen LogP contribution in [0.25, 0.3) is 0 Å². The van der Waals surface area contributed by atoms with Gasteiger partial charge in [-0.2, -0.15) is 0 Å². The number of carbonyl (C=O) groups excluding carboxylic acids is 2. The lowest BCUT2D eigenvalue weighted by Crippen LogP contribution is -2.47. The number of carbonyl (C=O) groups is 2. The van der Waals surface area contributed by atoms with E-state index in [1.807, 2.05) is 55.4 Å². The Morgan fingerprint density at radius 3 is 1.24 bits per heavy atom. The summed E-state index contributed by atoms with van der Waals surface area (Å²) in [7, 11) is 0. The molecule has 0 atom stereocenters. The number of rotatable bonds is 4. The Morgan fingerprint density at radius 1 is 0.765 bits per heavy atom. The van der Waals surface area contributed by atoms with Crippen LogP contribution in [-0.4, -0.2) is 11.6 Å². The molecule has 0 N–H and O–H groups in total. The molecule has 0 aliphatic rings. The zero-order valence-electron chi connectivity index (χ0n) is 12.7. The molecule has 0 aliphatic heterocycles. The largest absolute Gasteiger partial charge is 0.298 e. The smallest absolute Gasteiger partial charge is 0.151 e. The van der Waals surface area contributed by atoms with Crippen molar-refractivity contribution in [2.45, 2.75) is 68.2 Å². The highest BCUT2D eigenvalue weighted by molar-refractivity contribution is 6.10. The van der Waals surface area contributed by atoms with E-state index in [9.17, 15) is 9.59 Å². The molecule has 0 radical (unpaired) electrons. The summed E-state index contributed by atoms with van der Waals surface area (Å²) in [5, 5.41) is 0. The first-order valence-electron chi connectivity index (χ1n) is 6.47. The molecule has 0 amide bonds. The lowest BCUT2D eigenvalue weighted by molar-refractivity contribution is -0.149. The van der Waals surface area contributed by atoms with Gasteiger partial charge in [-0.25, -0.2) is 0 Å². The molecule has 100 valence electrons. The van der Waals surface area contributed by atoms with Gasteiger partial charge in [0.05, 0.1) is 5.41 Å². The molecule has 0 spiro atoms. The van der Waals surface area contributed by atoms with Crippen LogP contribution in [0, 0.1) is 16.2 Å². The van der Waals surface area contributed by atoms with Crippen LogP contribution in [-0.2, 0) is 9.59 Å². The summed E-state index contributed by atoms with van der Waals surface area (Å²) in [4.78, 5) is 25.1. The Kier molecular flexibility index (Phi) is 4.72. The second-order valence-corrected chi connectivity index (χ2v) is 7.24. The van der Waals surface area contributed by atoms with E-state index in [0.29, 0.717) is 6.42 Å². The normalized spacial score (nSPS) is 13.6. The van der Waals surface area contributed by atoms with Gasteiger partial charge in [-0.3, -0.25) is 9.59 Å². The summed E-state index contributed by atoms with van der Waals surface area (Å²) in [6.45, 7) is 15.2. The molecule has 0 saturated carbocycles. The average molecular weight is 240 g/mol. The molecule has 2 heteroatoms. The summed E-state index contributed by atoms with van der Waals surface area (Å²) < 4.78 is 0. The summed E-state index contributed by atoms with van der Waals surface area (Å²) in [5.74, 6) is 0.124. The van der Waals surface area contributed by atoms with E-state index < -0.39 is 16.2 Å². The van der Waals surface area contributed by atoms with Gasteiger partial charge in [-0.15, -0.1) is 0 Å². The van der Waals surface area contributed by atoms with Gasteiger partial charge in [-0.05, 0) is 13.3 Å². The van der Waals surface area contributed by atoms with E-state index in [1.165, 1.54) is 0 Å². The lowest BCUT2D eigenvalue weighted by Gasteiger charge is -2.37. The predicted molar refractivity (Wildman–Crippen MR) is 71.9 cm³/mol. The summed E-state index contributed by atoms with van der Waals surface area (Å²) in [6.07, 6.45) is 1.49. The maximum Gasteiger partial charge on any atom is 0.151 e. The van der Waals surface area contributed by atoms with Gasteiger partial charge in [0.25, 0.3) is 0 Å². The van der Waals surface area contributed by atoms with Crippen molar-refractivity contribution < 1.29 is 9.59 Å². The first-order valence-corrected chi connectivity index (χ1v) is 6.47. The summed E-state index contributed by atoms with van der Waals surface area (Å²) >= 11 is 0. The molecule has 2 nitrogen and oxygen atoms in total. The third kappa shape index (κ3) is 3.65. The molecule has 0 unspecified atom stereocenters. The van der Waals surface area contributed by atoms with Gasteiger partial charge in [0.2, 0.25) is 0 Å². The van der Waals surface area contributed by atoms with Crippen molar-refractivity contribution in [1.29, 1.82) is 0 Å². The van der Waals surface area contributed by atoms with Crippen LogP contribution in [0.15, 0.2) is 0 Å². The van der Waals surface area contributed by atoms with Crippen LogP contribution < -0.4 is 0 Å². The SMILES string of the molecule is CCCC(C)(C(=O)C(C)(C)C)C(=O)C(C)(C)C. The van der Waals surface area contributed by atoms with Crippen molar-refractivity contribution in [3.05, 3.63) is 0 Å². The van der Waals surface area contributed by atoms with Crippen LogP contribution >= 0.6 is 0 Å². The third-order valence-corrected chi connectivity index (χ3v) is 3.11. The molecule has 17 heavy (non-hydrogen) atoms. The number of ketones is 2. The van der Waals surface area contributed by atoms with Crippen LogP contribution in [0.5, 0.6) is 0 Å². The molecular formula is C15H28O2. The van der Waals surface area contributed by atoms with E-state index >= 15 is 0 Å². The van der Waals surface area contributed by atoms with Gasteiger partial charge >= 0.3 is 0 Å². The number of Topliss-reactive ketones (excluding diaryl/α,β-unsaturated/α-hetero) is 2. The van der Waals surface area contributed by atoms with Crippen LogP contribution in [0.4, 0.5) is 0 Å². The molecule has 0 aromatic carbocycles. The minimum Gasteiger partial charge on any atom is -0.298 e. The fraction of sp³-hybridized carbons (Fsp3) is 0.867. The Balaban J connectivity index is 5.48. The Bertz CT molecular complexity index is 274. The van der Waals surface area contributed by atoms with Crippen LogP contribution in [0.3, 0.4) is 0 Å². The Labute approximate surface area is 106 Å². The fourth-order valence-electron chi connectivity index (χ4n) is 2.49. The van der Waals surface area contributed by atoms with E-state index in [-0.39, 0.29) is 11.6 Å². The highest BCUT2D eigenvalue weighted by Gasteiger charge is 2.48. The van der Waals surface area contributed by atoms with Crippen molar-refractivity contribution in [2.75, 3.05) is 0 Å². The van der Waals surface area contributed by atoms with Crippen molar-refractivity contribution in [3.8, 4) is 0 Å². The molecule has 0 heterocycles. The van der Waals surface area contributed by atoms with Gasteiger partial charge in [0.1, 0.15) is 0 Å². The zero-order valence-corrected chi connectivity index (χ0v) is 12.7. The first-order chi connectivity index (χ1) is 7.37. The van der Waals surface area contributed by atoms with Crippen molar-refractivity contribution in [3.63, 3.8) is 0 Å². The average Bonchev–Trinajstić information content (AvgIpc) is 2.12. The van der Waals surface area contributed by atoms with Gasteiger partial charge < -0.3 is 0 Å². The quantitative estimate of drug-likeness (QED) is 0.695. The number of hydrogen-bond donors (Lipinski definition) is 0. The van der Waals surface area contributed by atoms with E-state index in [4.69, 9.17) is 0 Å². The van der Waals surface area contributed by atoms with Gasteiger partial charge in [0, 0.05) is 10.8 Å². The monoisotopic (exact) mass is 240 g/mol. The van der Waals surface area contributed by atoms with Crippen molar-refractivity contribution >= 4 is 11.6 Å². The lowest BCUT2D eigenvalue weighted by atomic mass is 9.63. The summed E-state index contributed by atoms with van der Waals surface area (Å²) in [5.41, 5.74) is -1.78. The standard InChI is InChI=1S/C15H28O2/c1-9-10-15(8,11(16)13(2,3)4)12(17)14(5,6)7/h9-10H2,1-8H3. The number of hydrogen-bond acceptors (Lipinski definition) is 2. The molecule has 0 aromatic rings. The Morgan fingerprint density at radius 2 is 1.06 bits per heavy atom. The maximum absolute atomic E-state index is 12.5. The minimum atomic E-state index is -0.842. The molecule has 0 bridgehead atoms. The highest BCUT2D eigenvalue weighted by Crippen LogP contribution is 2.39. The van der Waals surface area contributed by atoms with Crippen molar-refractivity contribution in [1.82, 2.24) is 0 Å².